The molecule has 0 aliphatic heterocycles. The van der Waals surface area contributed by atoms with Crippen molar-refractivity contribution in [2.24, 2.45) is 34.0 Å². The van der Waals surface area contributed by atoms with E-state index in [1.807, 2.05) is 0 Å². The molecule has 0 heteroatoms. The van der Waals surface area contributed by atoms with Gasteiger partial charge in [0.15, 0.2) is 0 Å². The predicted octanol–water partition coefficient (Wildman–Crippen LogP) is 4.58. The zero-order valence-corrected chi connectivity index (χ0v) is 11.4. The molecule has 4 fully saturated rings. The van der Waals surface area contributed by atoms with Crippen molar-refractivity contribution in [2.45, 2.75) is 46.5 Å². The Labute approximate surface area is 105 Å². The second-order valence-corrected chi connectivity index (χ2v) is 7.50. The SMILES string of the molecule is C=CC(C)CCC(=CC)C1C2C13CC1(C)CC213. The van der Waals surface area contributed by atoms with Crippen LogP contribution in [0.2, 0.25) is 0 Å². The number of rotatable bonds is 5. The average molecular weight is 228 g/mol. The molecule has 4 rings (SSSR count). The van der Waals surface area contributed by atoms with Gasteiger partial charge in [-0.2, -0.15) is 0 Å². The first-order chi connectivity index (χ1) is 8.07. The van der Waals surface area contributed by atoms with Crippen molar-refractivity contribution < 1.29 is 0 Å². The fourth-order valence-electron chi connectivity index (χ4n) is 6.02. The normalized spacial score (nSPS) is 58.2. The van der Waals surface area contributed by atoms with E-state index in [0.29, 0.717) is 5.92 Å². The standard InChI is InChI=1S/C17H24/c1-5-11(3)7-8-12(6-2)13-14-16(13)9-15(4)10-17(14,15)16/h5-6,11,13-14H,1,7-10H2,2-4H3. The molecule has 4 saturated carbocycles. The summed E-state index contributed by atoms with van der Waals surface area (Å²) in [4.78, 5) is 0. The van der Waals surface area contributed by atoms with Crippen molar-refractivity contribution >= 4 is 0 Å². The molecule has 92 valence electrons. The van der Waals surface area contributed by atoms with Crippen molar-refractivity contribution in [3.05, 3.63) is 24.3 Å². The molecule has 0 radical (unpaired) electrons. The molecule has 0 N–H and O–H groups in total. The molecule has 0 aromatic heterocycles. The molecular formula is C17H24. The van der Waals surface area contributed by atoms with Gasteiger partial charge in [0.2, 0.25) is 0 Å². The third-order valence-corrected chi connectivity index (χ3v) is 6.98. The zero-order chi connectivity index (χ0) is 12.1. The lowest BCUT2D eigenvalue weighted by Gasteiger charge is -2.35. The lowest BCUT2D eigenvalue weighted by Crippen LogP contribution is -2.29. The summed E-state index contributed by atoms with van der Waals surface area (Å²) in [6, 6.07) is 0. The molecule has 0 nitrogen and oxygen atoms in total. The molecule has 0 aromatic carbocycles. The van der Waals surface area contributed by atoms with Crippen LogP contribution >= 0.6 is 0 Å². The van der Waals surface area contributed by atoms with Crippen molar-refractivity contribution in [1.82, 2.24) is 0 Å². The largest absolute Gasteiger partial charge is 0.103 e. The van der Waals surface area contributed by atoms with E-state index in [1.165, 1.54) is 12.8 Å². The Kier molecular flexibility index (Phi) is 1.58. The van der Waals surface area contributed by atoms with Gasteiger partial charge in [0.1, 0.15) is 0 Å². The monoisotopic (exact) mass is 228 g/mol. The van der Waals surface area contributed by atoms with Gasteiger partial charge < -0.3 is 0 Å². The Morgan fingerprint density at radius 1 is 1.47 bits per heavy atom. The molecule has 2 spiro atoms. The summed E-state index contributed by atoms with van der Waals surface area (Å²) in [5.74, 6) is 2.82. The van der Waals surface area contributed by atoms with E-state index in [1.54, 1.807) is 18.4 Å². The number of hydrogen-bond acceptors (Lipinski definition) is 0. The first-order valence-corrected chi connectivity index (χ1v) is 7.35. The second kappa shape index (κ2) is 2.58. The van der Waals surface area contributed by atoms with Crippen LogP contribution in [0.1, 0.15) is 46.5 Å². The van der Waals surface area contributed by atoms with E-state index in [2.05, 4.69) is 39.5 Å². The van der Waals surface area contributed by atoms with Crippen molar-refractivity contribution in [3.8, 4) is 0 Å². The van der Waals surface area contributed by atoms with E-state index < -0.39 is 0 Å². The van der Waals surface area contributed by atoms with Crippen LogP contribution in [-0.2, 0) is 0 Å². The topological polar surface area (TPSA) is 0 Å². The molecule has 0 bridgehead atoms. The average Bonchev–Trinajstić information content (AvgIpc) is 3.20. The van der Waals surface area contributed by atoms with Gasteiger partial charge in [-0.05, 0) is 66.6 Å². The van der Waals surface area contributed by atoms with Crippen LogP contribution in [0.5, 0.6) is 0 Å². The molecule has 0 aromatic rings. The van der Waals surface area contributed by atoms with E-state index >= 15 is 0 Å². The van der Waals surface area contributed by atoms with E-state index in [-0.39, 0.29) is 0 Å². The summed E-state index contributed by atoms with van der Waals surface area (Å²) in [5, 5.41) is 0. The number of hydrogen-bond donors (Lipinski definition) is 0. The highest BCUT2D eigenvalue weighted by atomic mass is 15.1. The van der Waals surface area contributed by atoms with Gasteiger partial charge in [-0.25, -0.2) is 0 Å². The lowest BCUT2D eigenvalue weighted by atomic mass is 9.69. The molecule has 4 aliphatic rings. The zero-order valence-electron chi connectivity index (χ0n) is 11.4. The molecule has 17 heavy (non-hydrogen) atoms. The Morgan fingerprint density at radius 3 is 2.65 bits per heavy atom. The van der Waals surface area contributed by atoms with Crippen molar-refractivity contribution in [3.63, 3.8) is 0 Å². The van der Waals surface area contributed by atoms with Gasteiger partial charge >= 0.3 is 0 Å². The smallest absolute Gasteiger partial charge is 0.00980 e. The summed E-state index contributed by atoms with van der Waals surface area (Å²) in [7, 11) is 0. The van der Waals surface area contributed by atoms with Gasteiger partial charge in [0, 0.05) is 0 Å². The maximum atomic E-state index is 3.89. The van der Waals surface area contributed by atoms with Crippen LogP contribution < -0.4 is 0 Å². The molecule has 6 atom stereocenters. The molecule has 0 heterocycles. The van der Waals surface area contributed by atoms with Gasteiger partial charge in [-0.15, -0.1) is 6.58 Å². The predicted molar refractivity (Wildman–Crippen MR) is 71.5 cm³/mol. The Balaban J connectivity index is 1.40. The van der Waals surface area contributed by atoms with Gasteiger partial charge in [0.05, 0.1) is 0 Å². The van der Waals surface area contributed by atoms with Crippen LogP contribution in [0, 0.1) is 34.0 Å². The maximum Gasteiger partial charge on any atom is -0.00980 e. The lowest BCUT2D eigenvalue weighted by molar-refractivity contribution is 0.160. The minimum atomic E-state index is 0.680. The Morgan fingerprint density at radius 2 is 2.24 bits per heavy atom. The van der Waals surface area contributed by atoms with E-state index in [9.17, 15) is 0 Å². The third-order valence-electron chi connectivity index (χ3n) is 6.98. The van der Waals surface area contributed by atoms with Crippen molar-refractivity contribution in [2.75, 3.05) is 0 Å². The molecule has 0 saturated heterocycles. The van der Waals surface area contributed by atoms with Crippen LogP contribution in [0.15, 0.2) is 24.3 Å². The van der Waals surface area contributed by atoms with Gasteiger partial charge in [-0.1, -0.05) is 31.6 Å². The summed E-state index contributed by atoms with van der Waals surface area (Å²) in [5.41, 5.74) is 4.37. The second-order valence-electron chi connectivity index (χ2n) is 7.50. The highest BCUT2D eigenvalue weighted by Gasteiger charge is 3.11. The Hall–Kier alpha value is -0.520. The summed E-state index contributed by atoms with van der Waals surface area (Å²) < 4.78 is 0. The first-order valence-electron chi connectivity index (χ1n) is 7.35. The van der Waals surface area contributed by atoms with Crippen LogP contribution in [0.4, 0.5) is 0 Å². The first kappa shape index (κ1) is 10.4. The Bertz CT molecular complexity index is 445. The quantitative estimate of drug-likeness (QED) is 0.604. The van der Waals surface area contributed by atoms with Gasteiger partial charge in [0.25, 0.3) is 0 Å². The molecular weight excluding hydrogens is 204 g/mol. The molecule has 4 aliphatic carbocycles. The van der Waals surface area contributed by atoms with Gasteiger partial charge in [-0.3, -0.25) is 0 Å². The van der Waals surface area contributed by atoms with Crippen LogP contribution in [-0.4, -0.2) is 0 Å². The molecule has 6 unspecified atom stereocenters. The fourth-order valence-corrected chi connectivity index (χ4v) is 6.02. The van der Waals surface area contributed by atoms with Crippen molar-refractivity contribution in [1.29, 1.82) is 0 Å². The van der Waals surface area contributed by atoms with Crippen LogP contribution in [0.25, 0.3) is 0 Å². The highest BCUT2D eigenvalue weighted by Crippen LogP contribution is 3.16. The van der Waals surface area contributed by atoms with E-state index in [0.717, 1.165) is 28.1 Å². The third kappa shape index (κ3) is 0.823. The summed E-state index contributed by atoms with van der Waals surface area (Å²) >= 11 is 0. The van der Waals surface area contributed by atoms with Crippen LogP contribution in [0.3, 0.4) is 0 Å². The highest BCUT2D eigenvalue weighted by molar-refractivity contribution is 5.61. The molecule has 0 amide bonds. The van der Waals surface area contributed by atoms with E-state index in [4.69, 9.17) is 0 Å². The minimum Gasteiger partial charge on any atom is -0.103 e. The number of allylic oxidation sites excluding steroid dienone is 3. The fraction of sp³-hybridized carbons (Fsp3) is 0.765. The summed E-state index contributed by atoms with van der Waals surface area (Å²) in [6.07, 6.45) is 10.3. The maximum absolute atomic E-state index is 3.89. The minimum absolute atomic E-state index is 0.680. The summed E-state index contributed by atoms with van der Waals surface area (Å²) in [6.45, 7) is 11.0.